The topological polar surface area (TPSA) is 46.2 Å². The molecule has 21 heavy (non-hydrogen) atoms. The number of ketones is 2. The van der Waals surface area contributed by atoms with E-state index >= 15 is 0 Å². The fourth-order valence-electron chi connectivity index (χ4n) is 5.04. The van der Waals surface area contributed by atoms with Crippen molar-refractivity contribution in [2.45, 2.75) is 52.0 Å². The fraction of sp³-hybridized carbons (Fsp3) is 0.667. The van der Waals surface area contributed by atoms with Gasteiger partial charge in [0.05, 0.1) is 0 Å². The van der Waals surface area contributed by atoms with Gasteiger partial charge in [0.1, 0.15) is 5.78 Å². The summed E-state index contributed by atoms with van der Waals surface area (Å²) in [6.07, 6.45) is 4.74. The molecule has 1 heterocycles. The van der Waals surface area contributed by atoms with E-state index in [1.54, 1.807) is 6.92 Å². The van der Waals surface area contributed by atoms with Crippen LogP contribution in [0.4, 0.5) is 0 Å². The summed E-state index contributed by atoms with van der Waals surface area (Å²) in [5, 5.41) is 3.61. The van der Waals surface area contributed by atoms with E-state index in [0.717, 1.165) is 44.2 Å². The molecule has 4 atom stereocenters. The Labute approximate surface area is 125 Å². The van der Waals surface area contributed by atoms with Gasteiger partial charge in [-0.25, -0.2) is 0 Å². The van der Waals surface area contributed by atoms with E-state index in [9.17, 15) is 9.59 Å². The lowest BCUT2D eigenvalue weighted by Gasteiger charge is -2.35. The van der Waals surface area contributed by atoms with Crippen LogP contribution < -0.4 is 5.32 Å². The molecule has 4 rings (SSSR count). The van der Waals surface area contributed by atoms with Gasteiger partial charge in [0.15, 0.2) is 5.78 Å². The number of nitrogens with one attached hydrogen (secondary N) is 1. The van der Waals surface area contributed by atoms with Crippen LogP contribution in [0.5, 0.6) is 0 Å². The maximum absolute atomic E-state index is 12.6. The summed E-state index contributed by atoms with van der Waals surface area (Å²) < 4.78 is 0. The molecule has 1 fully saturated rings. The Balaban J connectivity index is 1.86. The number of Topliss-reactive ketones (excluding diaryl/α,β-unsaturated/α-hetero) is 2. The number of fused-ring (bicyclic) bond motifs is 1. The Morgan fingerprint density at radius 1 is 1.24 bits per heavy atom. The van der Waals surface area contributed by atoms with Crippen LogP contribution in [0.15, 0.2) is 22.3 Å². The van der Waals surface area contributed by atoms with Crippen LogP contribution in [0.2, 0.25) is 0 Å². The molecule has 112 valence electrons. The summed E-state index contributed by atoms with van der Waals surface area (Å²) in [4.78, 5) is 24.8. The SMILES string of the molecule is CCC1CC2=C(CC3CNC4CCC(C(C)=O)C2=C34)C1=O. The third kappa shape index (κ3) is 1.76. The van der Waals surface area contributed by atoms with Crippen LogP contribution in [0, 0.1) is 17.8 Å². The summed E-state index contributed by atoms with van der Waals surface area (Å²) in [6, 6.07) is 0.463. The zero-order valence-corrected chi connectivity index (χ0v) is 12.9. The molecule has 0 radical (unpaired) electrons. The van der Waals surface area contributed by atoms with Gasteiger partial charge in [0.2, 0.25) is 0 Å². The lowest BCUT2D eigenvalue weighted by molar-refractivity contribution is -0.120. The van der Waals surface area contributed by atoms with Crippen LogP contribution in [0.3, 0.4) is 0 Å². The average Bonchev–Trinajstić information content (AvgIpc) is 3.02. The second-order valence-electron chi connectivity index (χ2n) is 7.10. The largest absolute Gasteiger partial charge is 0.310 e. The van der Waals surface area contributed by atoms with Crippen LogP contribution in [-0.4, -0.2) is 24.2 Å². The van der Waals surface area contributed by atoms with E-state index in [2.05, 4.69) is 12.2 Å². The molecule has 1 N–H and O–H groups in total. The number of allylic oxidation sites excluding steroid dienone is 3. The number of carbonyl (C=O) groups is 2. The van der Waals surface area contributed by atoms with Crippen molar-refractivity contribution in [1.29, 1.82) is 0 Å². The van der Waals surface area contributed by atoms with Crippen molar-refractivity contribution in [1.82, 2.24) is 5.32 Å². The van der Waals surface area contributed by atoms with E-state index < -0.39 is 0 Å². The highest BCUT2D eigenvalue weighted by molar-refractivity contribution is 6.03. The molecule has 0 aromatic heterocycles. The molecular weight excluding hydrogens is 262 g/mol. The first kappa shape index (κ1) is 13.4. The monoisotopic (exact) mass is 285 g/mol. The highest BCUT2D eigenvalue weighted by atomic mass is 16.1. The Morgan fingerprint density at radius 3 is 2.76 bits per heavy atom. The van der Waals surface area contributed by atoms with Crippen LogP contribution >= 0.6 is 0 Å². The first-order valence-corrected chi connectivity index (χ1v) is 8.36. The summed E-state index contributed by atoms with van der Waals surface area (Å²) in [5.41, 5.74) is 5.12. The van der Waals surface area contributed by atoms with Crippen molar-refractivity contribution >= 4 is 11.6 Å². The molecule has 4 unspecified atom stereocenters. The minimum atomic E-state index is 0.0485. The first-order valence-electron chi connectivity index (χ1n) is 8.36. The lowest BCUT2D eigenvalue weighted by atomic mass is 9.68. The van der Waals surface area contributed by atoms with E-state index in [1.807, 2.05) is 0 Å². The predicted octanol–water partition coefficient (Wildman–Crippen LogP) is 2.57. The molecule has 3 heteroatoms. The Kier molecular flexibility index (Phi) is 2.97. The van der Waals surface area contributed by atoms with Crippen molar-refractivity contribution in [2.75, 3.05) is 6.54 Å². The second-order valence-corrected chi connectivity index (χ2v) is 7.10. The molecule has 3 aliphatic carbocycles. The summed E-state index contributed by atoms with van der Waals surface area (Å²) in [5.74, 6) is 1.33. The van der Waals surface area contributed by atoms with Crippen molar-refractivity contribution < 1.29 is 9.59 Å². The molecule has 0 aromatic rings. The molecule has 0 spiro atoms. The minimum absolute atomic E-state index is 0.0485. The van der Waals surface area contributed by atoms with Gasteiger partial charge in [-0.2, -0.15) is 0 Å². The number of rotatable bonds is 2. The maximum Gasteiger partial charge on any atom is 0.162 e. The van der Waals surface area contributed by atoms with Crippen molar-refractivity contribution in [3.05, 3.63) is 22.3 Å². The molecule has 1 saturated heterocycles. The van der Waals surface area contributed by atoms with Crippen LogP contribution in [-0.2, 0) is 9.59 Å². The summed E-state index contributed by atoms with van der Waals surface area (Å²) >= 11 is 0. The third-order valence-corrected chi connectivity index (χ3v) is 6.07. The van der Waals surface area contributed by atoms with Crippen molar-refractivity contribution in [3.63, 3.8) is 0 Å². The molecule has 3 nitrogen and oxygen atoms in total. The summed E-state index contributed by atoms with van der Waals surface area (Å²) in [7, 11) is 0. The molecule has 0 amide bonds. The maximum atomic E-state index is 12.6. The number of carbonyl (C=O) groups excluding carboxylic acids is 2. The molecule has 1 aliphatic heterocycles. The van der Waals surface area contributed by atoms with E-state index in [1.165, 1.54) is 16.7 Å². The summed E-state index contributed by atoms with van der Waals surface area (Å²) in [6.45, 7) is 4.81. The fourth-order valence-corrected chi connectivity index (χ4v) is 5.04. The predicted molar refractivity (Wildman–Crippen MR) is 80.8 cm³/mol. The Hall–Kier alpha value is -1.22. The zero-order chi connectivity index (χ0) is 14.7. The van der Waals surface area contributed by atoms with Gasteiger partial charge in [0.25, 0.3) is 0 Å². The first-order chi connectivity index (χ1) is 10.1. The van der Waals surface area contributed by atoms with Gasteiger partial charge in [-0.15, -0.1) is 0 Å². The smallest absolute Gasteiger partial charge is 0.162 e. The normalized spacial score (nSPS) is 37.9. The number of hydrogen-bond donors (Lipinski definition) is 1. The van der Waals surface area contributed by atoms with Gasteiger partial charge in [-0.05, 0) is 67.2 Å². The van der Waals surface area contributed by atoms with Gasteiger partial charge in [-0.3, -0.25) is 9.59 Å². The van der Waals surface area contributed by atoms with Gasteiger partial charge in [-0.1, -0.05) is 6.92 Å². The standard InChI is InChI=1S/C18H23NO2/c1-3-10-6-13-14(18(10)21)7-11-8-19-15-5-4-12(9(2)20)17(13)16(11)15/h10-12,15,19H,3-8H2,1-2H3. The molecule has 0 bridgehead atoms. The van der Waals surface area contributed by atoms with E-state index in [-0.39, 0.29) is 17.6 Å². The van der Waals surface area contributed by atoms with Gasteiger partial charge < -0.3 is 5.32 Å². The lowest BCUT2D eigenvalue weighted by Crippen LogP contribution is -2.33. The zero-order valence-electron chi connectivity index (χ0n) is 12.9. The third-order valence-electron chi connectivity index (χ3n) is 6.07. The molecule has 0 aromatic carbocycles. The van der Waals surface area contributed by atoms with Gasteiger partial charge >= 0.3 is 0 Å². The van der Waals surface area contributed by atoms with E-state index in [0.29, 0.717) is 17.7 Å². The van der Waals surface area contributed by atoms with Crippen molar-refractivity contribution in [2.24, 2.45) is 17.8 Å². The molecular formula is C18H23NO2. The van der Waals surface area contributed by atoms with E-state index in [4.69, 9.17) is 0 Å². The second kappa shape index (κ2) is 4.64. The molecule has 4 aliphatic rings. The Morgan fingerprint density at radius 2 is 2.05 bits per heavy atom. The molecule has 0 saturated carbocycles. The number of hydrogen-bond acceptors (Lipinski definition) is 3. The van der Waals surface area contributed by atoms with Crippen LogP contribution in [0.1, 0.15) is 46.0 Å². The van der Waals surface area contributed by atoms with Crippen molar-refractivity contribution in [3.8, 4) is 0 Å². The highest BCUT2D eigenvalue weighted by Gasteiger charge is 2.47. The van der Waals surface area contributed by atoms with Gasteiger partial charge in [0, 0.05) is 24.4 Å². The quantitative estimate of drug-likeness (QED) is 0.848. The Bertz CT molecular complexity index is 598. The van der Waals surface area contributed by atoms with Crippen LogP contribution in [0.25, 0.3) is 0 Å². The average molecular weight is 285 g/mol. The minimum Gasteiger partial charge on any atom is -0.310 e. The highest BCUT2D eigenvalue weighted by Crippen LogP contribution is 2.52.